The van der Waals surface area contributed by atoms with Gasteiger partial charge in [0.25, 0.3) is 5.91 Å². The molecule has 1 aliphatic rings. The molecular weight excluding hydrogens is 344 g/mol. The fourth-order valence-electron chi connectivity index (χ4n) is 3.63. The van der Waals surface area contributed by atoms with Crippen LogP contribution in [0.1, 0.15) is 28.8 Å². The summed E-state index contributed by atoms with van der Waals surface area (Å²) in [7, 11) is 0. The normalized spacial score (nSPS) is 22.0. The van der Waals surface area contributed by atoms with Gasteiger partial charge in [-0.15, -0.1) is 5.10 Å². The number of nitrogens with one attached hydrogen (secondary N) is 1. The van der Waals surface area contributed by atoms with Gasteiger partial charge in [0, 0.05) is 30.7 Å². The molecular formula is C19H22N6O2. The topological polar surface area (TPSA) is 97.9 Å². The Kier molecular flexibility index (Phi) is 4.97. The lowest BCUT2D eigenvalue weighted by Gasteiger charge is -2.16. The number of carbonyl (C=O) groups is 1. The molecule has 2 N–H and O–H groups in total. The second kappa shape index (κ2) is 7.71. The largest absolute Gasteiger partial charge is 0.391 e. The zero-order chi connectivity index (χ0) is 18.6. The lowest BCUT2D eigenvalue weighted by atomic mass is 10.1. The average molecular weight is 366 g/mol. The number of imidazole rings is 1. The van der Waals surface area contributed by atoms with Crippen LogP contribution >= 0.6 is 0 Å². The van der Waals surface area contributed by atoms with E-state index in [1.54, 1.807) is 41.7 Å². The van der Waals surface area contributed by atoms with Crippen LogP contribution in [0.5, 0.6) is 0 Å². The first-order valence-corrected chi connectivity index (χ1v) is 9.05. The molecule has 1 saturated carbocycles. The van der Waals surface area contributed by atoms with Gasteiger partial charge in [0.05, 0.1) is 31.2 Å². The van der Waals surface area contributed by atoms with Gasteiger partial charge in [0.1, 0.15) is 0 Å². The third-order valence-corrected chi connectivity index (χ3v) is 5.00. The van der Waals surface area contributed by atoms with Crippen LogP contribution in [-0.4, -0.2) is 47.7 Å². The summed E-state index contributed by atoms with van der Waals surface area (Å²) in [6, 6.07) is 7.19. The Morgan fingerprint density at radius 1 is 1.19 bits per heavy atom. The van der Waals surface area contributed by atoms with E-state index in [0.717, 1.165) is 18.5 Å². The molecule has 0 bridgehead atoms. The second-order valence-electron chi connectivity index (χ2n) is 7.04. The zero-order valence-electron chi connectivity index (χ0n) is 14.8. The van der Waals surface area contributed by atoms with Crippen molar-refractivity contribution in [2.75, 3.05) is 0 Å². The van der Waals surface area contributed by atoms with Crippen molar-refractivity contribution in [1.82, 2.24) is 29.9 Å². The third kappa shape index (κ3) is 4.22. The summed E-state index contributed by atoms with van der Waals surface area (Å²) in [6.45, 7) is 1.42. The van der Waals surface area contributed by atoms with Crippen LogP contribution in [0.15, 0.2) is 55.4 Å². The van der Waals surface area contributed by atoms with Gasteiger partial charge in [-0.3, -0.25) is 4.79 Å². The van der Waals surface area contributed by atoms with Gasteiger partial charge < -0.3 is 15.0 Å². The highest BCUT2D eigenvalue weighted by molar-refractivity contribution is 5.94. The highest BCUT2D eigenvalue weighted by Crippen LogP contribution is 2.27. The Balaban J connectivity index is 1.33. The van der Waals surface area contributed by atoms with Crippen LogP contribution in [0.2, 0.25) is 0 Å². The summed E-state index contributed by atoms with van der Waals surface area (Å²) in [4.78, 5) is 16.6. The number of amides is 1. The molecule has 2 aromatic heterocycles. The summed E-state index contributed by atoms with van der Waals surface area (Å²) in [5.74, 6) is 0.166. The van der Waals surface area contributed by atoms with Crippen molar-refractivity contribution in [1.29, 1.82) is 0 Å². The van der Waals surface area contributed by atoms with Crippen molar-refractivity contribution in [2.45, 2.75) is 38.1 Å². The maximum Gasteiger partial charge on any atom is 0.251 e. The number of nitrogens with zero attached hydrogens (tertiary/aromatic N) is 5. The first-order valence-electron chi connectivity index (χ1n) is 9.05. The van der Waals surface area contributed by atoms with Crippen molar-refractivity contribution < 1.29 is 9.90 Å². The van der Waals surface area contributed by atoms with Crippen molar-refractivity contribution in [3.63, 3.8) is 0 Å². The molecule has 3 aromatic rings. The Bertz CT molecular complexity index is 860. The van der Waals surface area contributed by atoms with Crippen molar-refractivity contribution in [2.24, 2.45) is 5.92 Å². The van der Waals surface area contributed by atoms with Gasteiger partial charge >= 0.3 is 0 Å². The second-order valence-corrected chi connectivity index (χ2v) is 7.04. The Morgan fingerprint density at radius 3 is 2.74 bits per heavy atom. The molecule has 8 heteroatoms. The van der Waals surface area contributed by atoms with Crippen LogP contribution in [0, 0.1) is 5.92 Å². The van der Waals surface area contributed by atoms with Gasteiger partial charge in [0.2, 0.25) is 0 Å². The van der Waals surface area contributed by atoms with Crippen molar-refractivity contribution in [3.8, 4) is 0 Å². The summed E-state index contributed by atoms with van der Waals surface area (Å²) >= 11 is 0. The van der Waals surface area contributed by atoms with Crippen LogP contribution in [0.25, 0.3) is 0 Å². The van der Waals surface area contributed by atoms with Crippen LogP contribution in [-0.2, 0) is 13.1 Å². The van der Waals surface area contributed by atoms with E-state index in [1.165, 1.54) is 0 Å². The first kappa shape index (κ1) is 17.4. The molecule has 0 saturated heterocycles. The number of hydrogen-bond donors (Lipinski definition) is 2. The number of hydrogen-bond acceptors (Lipinski definition) is 5. The summed E-state index contributed by atoms with van der Waals surface area (Å²) < 4.78 is 3.74. The van der Waals surface area contributed by atoms with Crippen LogP contribution < -0.4 is 5.32 Å². The quantitative estimate of drug-likeness (QED) is 0.681. The number of benzene rings is 1. The summed E-state index contributed by atoms with van der Waals surface area (Å²) in [6.07, 6.45) is 9.79. The smallest absolute Gasteiger partial charge is 0.251 e. The molecule has 2 heterocycles. The monoisotopic (exact) mass is 366 g/mol. The molecule has 0 radical (unpaired) electrons. The van der Waals surface area contributed by atoms with E-state index in [1.807, 2.05) is 22.9 Å². The Hall–Kier alpha value is -3.00. The number of aromatic nitrogens is 5. The minimum absolute atomic E-state index is 0.158. The number of rotatable bonds is 6. The molecule has 1 aromatic carbocycles. The standard InChI is InChI=1S/C19H22N6O2/c26-18-10-15(11-24-7-5-20-13-24)9-17(18)22-19(27)16-3-1-14(2-4-16)12-25-8-6-21-23-25/h1-8,13,15,17-18,26H,9-12H2,(H,22,27)/t15?,17-,18-/m1/s1. The highest BCUT2D eigenvalue weighted by atomic mass is 16.3. The lowest BCUT2D eigenvalue weighted by Crippen LogP contribution is -2.39. The Morgan fingerprint density at radius 2 is 2.04 bits per heavy atom. The minimum atomic E-state index is -0.519. The Labute approximate surface area is 156 Å². The van der Waals surface area contributed by atoms with Crippen LogP contribution in [0.3, 0.4) is 0 Å². The molecule has 8 nitrogen and oxygen atoms in total. The van der Waals surface area contributed by atoms with Crippen LogP contribution in [0.4, 0.5) is 0 Å². The predicted octanol–water partition coefficient (Wildman–Crippen LogP) is 1.09. The first-order chi connectivity index (χ1) is 13.2. The van der Waals surface area contributed by atoms with Crippen molar-refractivity contribution >= 4 is 5.91 Å². The summed E-state index contributed by atoms with van der Waals surface area (Å²) in [5, 5.41) is 21.0. The third-order valence-electron chi connectivity index (χ3n) is 5.00. The van der Waals surface area contributed by atoms with E-state index in [4.69, 9.17) is 0 Å². The molecule has 0 spiro atoms. The number of aliphatic hydroxyl groups excluding tert-OH is 1. The van der Waals surface area contributed by atoms with E-state index in [2.05, 4.69) is 20.6 Å². The fraction of sp³-hybridized carbons (Fsp3) is 0.368. The molecule has 1 unspecified atom stereocenters. The average Bonchev–Trinajstić information content (AvgIpc) is 3.40. The molecule has 1 aliphatic carbocycles. The SMILES string of the molecule is O=C(N[C@@H]1CC(Cn2ccnc2)C[C@H]1O)c1ccc(Cn2ccnn2)cc1. The maximum atomic E-state index is 12.5. The van der Waals surface area contributed by atoms with E-state index in [0.29, 0.717) is 24.4 Å². The number of carbonyl (C=O) groups excluding carboxylic acids is 1. The molecule has 4 rings (SSSR count). The van der Waals surface area contributed by atoms with E-state index >= 15 is 0 Å². The van der Waals surface area contributed by atoms with Gasteiger partial charge in [-0.05, 0) is 36.5 Å². The molecule has 1 fully saturated rings. The molecule has 140 valence electrons. The van der Waals surface area contributed by atoms with Gasteiger partial charge in [-0.1, -0.05) is 17.3 Å². The predicted molar refractivity (Wildman–Crippen MR) is 97.8 cm³/mol. The minimum Gasteiger partial charge on any atom is -0.391 e. The maximum absolute atomic E-state index is 12.5. The molecule has 0 aliphatic heterocycles. The van der Waals surface area contributed by atoms with E-state index < -0.39 is 6.10 Å². The fourth-order valence-corrected chi connectivity index (χ4v) is 3.63. The van der Waals surface area contributed by atoms with E-state index in [9.17, 15) is 9.90 Å². The molecule has 3 atom stereocenters. The van der Waals surface area contributed by atoms with Gasteiger partial charge in [0.15, 0.2) is 0 Å². The molecule has 1 amide bonds. The van der Waals surface area contributed by atoms with Gasteiger partial charge in [-0.25, -0.2) is 9.67 Å². The van der Waals surface area contributed by atoms with Gasteiger partial charge in [-0.2, -0.15) is 0 Å². The number of aliphatic hydroxyl groups is 1. The lowest BCUT2D eigenvalue weighted by molar-refractivity contribution is 0.0873. The van der Waals surface area contributed by atoms with Crippen molar-refractivity contribution in [3.05, 3.63) is 66.5 Å². The van der Waals surface area contributed by atoms with E-state index in [-0.39, 0.29) is 11.9 Å². The highest BCUT2D eigenvalue weighted by Gasteiger charge is 2.34. The zero-order valence-corrected chi connectivity index (χ0v) is 14.8. The summed E-state index contributed by atoms with van der Waals surface area (Å²) in [5.41, 5.74) is 1.63. The molecule has 27 heavy (non-hydrogen) atoms.